The van der Waals surface area contributed by atoms with E-state index in [-0.39, 0.29) is 6.04 Å². The van der Waals surface area contributed by atoms with Crippen LogP contribution in [0.3, 0.4) is 0 Å². The van der Waals surface area contributed by atoms with Gasteiger partial charge < -0.3 is 9.32 Å². The number of hydrogen-bond donors (Lipinski definition) is 0. The molecule has 0 N–H and O–H groups in total. The summed E-state index contributed by atoms with van der Waals surface area (Å²) < 4.78 is 5.52. The fourth-order valence-corrected chi connectivity index (χ4v) is 2.73. The Morgan fingerprint density at radius 2 is 2.17 bits per heavy atom. The van der Waals surface area contributed by atoms with Crippen LogP contribution < -0.4 is 4.90 Å². The van der Waals surface area contributed by atoms with Crippen LogP contribution in [0, 0.1) is 6.92 Å². The van der Waals surface area contributed by atoms with Crippen LogP contribution in [0.5, 0.6) is 0 Å². The third kappa shape index (κ3) is 1.97. The van der Waals surface area contributed by atoms with E-state index in [0.717, 1.165) is 30.0 Å². The minimum Gasteiger partial charge on any atom is -0.408 e. The van der Waals surface area contributed by atoms with E-state index in [2.05, 4.69) is 21.2 Å². The average molecular weight is 264 g/mol. The van der Waals surface area contributed by atoms with Crippen molar-refractivity contribution in [3.63, 3.8) is 0 Å². The predicted octanol–water partition coefficient (Wildman–Crippen LogP) is 3.37. The number of aryl methyl sites for hydroxylation is 1. The standard InChI is InChI=1S/C13H14ClN3O/c1-9-15-16-13(18-9)17-8-4-7-12(17)10-5-2-3-6-11(10)14/h2-3,5-6,12H,4,7-8H2,1H3. The zero-order valence-electron chi connectivity index (χ0n) is 10.1. The molecule has 18 heavy (non-hydrogen) atoms. The molecule has 3 rings (SSSR count). The normalized spacial score (nSPS) is 19.4. The van der Waals surface area contributed by atoms with Gasteiger partial charge in [0.2, 0.25) is 5.89 Å². The first-order chi connectivity index (χ1) is 8.75. The lowest BCUT2D eigenvalue weighted by atomic mass is 10.0. The second-order valence-electron chi connectivity index (χ2n) is 4.48. The van der Waals surface area contributed by atoms with Gasteiger partial charge in [-0.1, -0.05) is 34.9 Å². The van der Waals surface area contributed by atoms with Crippen molar-refractivity contribution >= 4 is 17.6 Å². The molecule has 1 aromatic carbocycles. The minimum absolute atomic E-state index is 0.235. The molecule has 0 radical (unpaired) electrons. The fraction of sp³-hybridized carbons (Fsp3) is 0.385. The monoisotopic (exact) mass is 263 g/mol. The van der Waals surface area contributed by atoms with Crippen molar-refractivity contribution in [2.24, 2.45) is 0 Å². The van der Waals surface area contributed by atoms with E-state index in [4.69, 9.17) is 16.0 Å². The SMILES string of the molecule is Cc1nnc(N2CCCC2c2ccccc2Cl)o1. The molecule has 2 aromatic rings. The lowest BCUT2D eigenvalue weighted by Crippen LogP contribution is -2.23. The quantitative estimate of drug-likeness (QED) is 0.833. The molecule has 94 valence electrons. The van der Waals surface area contributed by atoms with Crippen molar-refractivity contribution < 1.29 is 4.42 Å². The van der Waals surface area contributed by atoms with Gasteiger partial charge in [0, 0.05) is 18.5 Å². The number of hydrogen-bond acceptors (Lipinski definition) is 4. The summed E-state index contributed by atoms with van der Waals surface area (Å²) in [5, 5.41) is 8.79. The van der Waals surface area contributed by atoms with Gasteiger partial charge >= 0.3 is 6.01 Å². The summed E-state index contributed by atoms with van der Waals surface area (Å²) in [6.07, 6.45) is 2.17. The zero-order valence-corrected chi connectivity index (χ0v) is 10.9. The molecule has 0 saturated carbocycles. The molecule has 0 spiro atoms. The predicted molar refractivity (Wildman–Crippen MR) is 69.8 cm³/mol. The van der Waals surface area contributed by atoms with Crippen LogP contribution >= 0.6 is 11.6 Å². The van der Waals surface area contributed by atoms with Crippen LogP contribution in [0.2, 0.25) is 5.02 Å². The molecular formula is C13H14ClN3O. The summed E-state index contributed by atoms with van der Waals surface area (Å²) in [7, 11) is 0. The highest BCUT2D eigenvalue weighted by Crippen LogP contribution is 2.38. The Morgan fingerprint density at radius 3 is 2.89 bits per heavy atom. The molecule has 5 heteroatoms. The molecule has 1 aliphatic heterocycles. The van der Waals surface area contributed by atoms with Gasteiger partial charge in [-0.15, -0.1) is 5.10 Å². The van der Waals surface area contributed by atoms with Crippen LogP contribution in [0.15, 0.2) is 28.7 Å². The topological polar surface area (TPSA) is 42.2 Å². The molecule has 1 atom stereocenters. The average Bonchev–Trinajstić information content (AvgIpc) is 2.98. The van der Waals surface area contributed by atoms with Crippen molar-refractivity contribution in [2.45, 2.75) is 25.8 Å². The second-order valence-corrected chi connectivity index (χ2v) is 4.88. The van der Waals surface area contributed by atoms with Crippen molar-refractivity contribution in [1.29, 1.82) is 0 Å². The summed E-state index contributed by atoms with van der Waals surface area (Å²) in [6.45, 7) is 2.73. The Morgan fingerprint density at radius 1 is 1.33 bits per heavy atom. The van der Waals surface area contributed by atoms with Crippen molar-refractivity contribution in [1.82, 2.24) is 10.2 Å². The molecule has 1 aliphatic rings. The number of halogens is 1. The second kappa shape index (κ2) is 4.61. The van der Waals surface area contributed by atoms with E-state index in [0.29, 0.717) is 11.9 Å². The van der Waals surface area contributed by atoms with Crippen LogP contribution in [-0.2, 0) is 0 Å². The van der Waals surface area contributed by atoms with Gasteiger partial charge in [-0.2, -0.15) is 0 Å². The van der Waals surface area contributed by atoms with E-state index < -0.39 is 0 Å². The van der Waals surface area contributed by atoms with Crippen LogP contribution in [-0.4, -0.2) is 16.7 Å². The lowest BCUT2D eigenvalue weighted by Gasteiger charge is -2.23. The van der Waals surface area contributed by atoms with E-state index >= 15 is 0 Å². The molecule has 1 fully saturated rings. The highest BCUT2D eigenvalue weighted by Gasteiger charge is 2.30. The van der Waals surface area contributed by atoms with Crippen molar-refractivity contribution in [3.8, 4) is 0 Å². The van der Waals surface area contributed by atoms with Gasteiger partial charge in [-0.05, 0) is 24.5 Å². The molecular weight excluding hydrogens is 250 g/mol. The highest BCUT2D eigenvalue weighted by atomic mass is 35.5. The van der Waals surface area contributed by atoms with E-state index in [1.807, 2.05) is 18.2 Å². The van der Waals surface area contributed by atoms with Gasteiger partial charge in [0.15, 0.2) is 0 Å². The Bertz CT molecular complexity index is 555. The maximum absolute atomic E-state index is 6.27. The number of rotatable bonds is 2. The number of benzene rings is 1. The largest absolute Gasteiger partial charge is 0.408 e. The molecule has 0 bridgehead atoms. The molecule has 2 heterocycles. The summed E-state index contributed by atoms with van der Waals surface area (Å²) in [5.74, 6) is 0.592. The Balaban J connectivity index is 1.94. The number of nitrogens with zero attached hydrogens (tertiary/aromatic N) is 3. The van der Waals surface area contributed by atoms with Gasteiger partial charge in [-0.25, -0.2) is 0 Å². The Labute approximate surface area is 111 Å². The van der Waals surface area contributed by atoms with Gasteiger partial charge in [-0.3, -0.25) is 0 Å². The van der Waals surface area contributed by atoms with E-state index in [9.17, 15) is 0 Å². The summed E-state index contributed by atoms with van der Waals surface area (Å²) in [5.41, 5.74) is 1.13. The van der Waals surface area contributed by atoms with Crippen LogP contribution in [0.25, 0.3) is 0 Å². The molecule has 1 saturated heterocycles. The summed E-state index contributed by atoms with van der Waals surface area (Å²) in [4.78, 5) is 2.14. The first kappa shape index (κ1) is 11.5. The minimum atomic E-state index is 0.235. The Kier molecular flexibility index (Phi) is 2.96. The van der Waals surface area contributed by atoms with Gasteiger partial charge in [0.1, 0.15) is 0 Å². The molecule has 1 aromatic heterocycles. The van der Waals surface area contributed by atoms with E-state index in [1.54, 1.807) is 6.92 Å². The molecule has 4 nitrogen and oxygen atoms in total. The van der Waals surface area contributed by atoms with Crippen molar-refractivity contribution in [2.75, 3.05) is 11.4 Å². The van der Waals surface area contributed by atoms with Crippen LogP contribution in [0.1, 0.15) is 30.3 Å². The van der Waals surface area contributed by atoms with Crippen LogP contribution in [0.4, 0.5) is 6.01 Å². The molecule has 0 aliphatic carbocycles. The maximum atomic E-state index is 6.27. The first-order valence-electron chi connectivity index (χ1n) is 6.07. The third-order valence-electron chi connectivity index (χ3n) is 3.28. The lowest BCUT2D eigenvalue weighted by molar-refractivity contribution is 0.498. The highest BCUT2D eigenvalue weighted by molar-refractivity contribution is 6.31. The third-order valence-corrected chi connectivity index (χ3v) is 3.62. The summed E-state index contributed by atoms with van der Waals surface area (Å²) >= 11 is 6.27. The fourth-order valence-electron chi connectivity index (χ4n) is 2.47. The maximum Gasteiger partial charge on any atom is 0.318 e. The van der Waals surface area contributed by atoms with Gasteiger partial charge in [0.25, 0.3) is 0 Å². The van der Waals surface area contributed by atoms with E-state index in [1.165, 1.54) is 0 Å². The molecule has 0 amide bonds. The first-order valence-corrected chi connectivity index (χ1v) is 6.44. The zero-order chi connectivity index (χ0) is 12.5. The molecule has 1 unspecified atom stereocenters. The number of aromatic nitrogens is 2. The number of anilines is 1. The summed E-state index contributed by atoms with van der Waals surface area (Å²) in [6, 6.07) is 8.77. The smallest absolute Gasteiger partial charge is 0.318 e. The Hall–Kier alpha value is -1.55. The van der Waals surface area contributed by atoms with Crippen molar-refractivity contribution in [3.05, 3.63) is 40.7 Å². The van der Waals surface area contributed by atoms with Gasteiger partial charge in [0.05, 0.1) is 6.04 Å².